The molecule has 0 spiro atoms. The Kier molecular flexibility index (Phi) is 7.13. The normalized spacial score (nSPS) is 12.3. The molecule has 0 aliphatic heterocycles. The van der Waals surface area contributed by atoms with Crippen LogP contribution in [0.5, 0.6) is 0 Å². The minimum absolute atomic E-state index is 0.244. The van der Waals surface area contributed by atoms with Gasteiger partial charge < -0.3 is 5.32 Å². The fraction of sp³-hybridized carbons (Fsp3) is 1.00. The quantitative estimate of drug-likeness (QED) is 0.614. The van der Waals surface area contributed by atoms with Crippen LogP contribution >= 0.6 is 0 Å². The number of sulfonamides is 1. The molecule has 0 aliphatic carbocycles. The maximum absolute atomic E-state index is 11.5. The molecule has 14 heavy (non-hydrogen) atoms. The average molecular weight is 222 g/mol. The minimum Gasteiger partial charge on any atom is -0.317 e. The predicted octanol–water partition coefficient (Wildman–Crippen LogP) is 0.658. The molecule has 0 amide bonds. The van der Waals surface area contributed by atoms with E-state index in [0.29, 0.717) is 13.0 Å². The number of rotatable bonds is 8. The molecule has 0 radical (unpaired) electrons. The molecule has 5 heteroatoms. The van der Waals surface area contributed by atoms with Crippen molar-refractivity contribution in [2.75, 3.05) is 32.4 Å². The van der Waals surface area contributed by atoms with Crippen LogP contribution < -0.4 is 5.32 Å². The number of nitrogens with one attached hydrogen (secondary N) is 1. The van der Waals surface area contributed by atoms with Crippen LogP contribution in [0.15, 0.2) is 0 Å². The van der Waals surface area contributed by atoms with Gasteiger partial charge in [0.1, 0.15) is 0 Å². The molecule has 0 heterocycles. The average Bonchev–Trinajstić information content (AvgIpc) is 2.16. The van der Waals surface area contributed by atoms with Gasteiger partial charge in [-0.3, -0.25) is 0 Å². The summed E-state index contributed by atoms with van der Waals surface area (Å²) < 4.78 is 24.4. The Morgan fingerprint density at radius 1 is 1.21 bits per heavy atom. The summed E-state index contributed by atoms with van der Waals surface area (Å²) in [5, 5.41) is 3.18. The van der Waals surface area contributed by atoms with E-state index in [-0.39, 0.29) is 5.75 Å². The van der Waals surface area contributed by atoms with Crippen LogP contribution in [-0.2, 0) is 10.0 Å². The highest BCUT2D eigenvalue weighted by Gasteiger charge is 2.14. The van der Waals surface area contributed by atoms with Crippen molar-refractivity contribution in [3.63, 3.8) is 0 Å². The summed E-state index contributed by atoms with van der Waals surface area (Å²) in [6, 6.07) is 0. The second-order valence-electron chi connectivity index (χ2n) is 3.33. The molecule has 86 valence electrons. The van der Waals surface area contributed by atoms with E-state index in [9.17, 15) is 8.42 Å². The zero-order chi connectivity index (χ0) is 11.0. The zero-order valence-corrected chi connectivity index (χ0v) is 10.2. The molecule has 0 unspecified atom stereocenters. The van der Waals surface area contributed by atoms with Crippen LogP contribution in [-0.4, -0.2) is 45.2 Å². The fourth-order valence-corrected chi connectivity index (χ4v) is 2.25. The first-order valence-corrected chi connectivity index (χ1v) is 6.80. The van der Waals surface area contributed by atoms with Crippen LogP contribution in [0.1, 0.15) is 26.7 Å². The summed E-state index contributed by atoms with van der Waals surface area (Å²) in [5.41, 5.74) is 0. The second kappa shape index (κ2) is 7.20. The molecular weight excluding hydrogens is 200 g/mol. The molecule has 0 fully saturated rings. The lowest BCUT2D eigenvalue weighted by Gasteiger charge is -2.14. The topological polar surface area (TPSA) is 49.4 Å². The Morgan fingerprint density at radius 2 is 1.86 bits per heavy atom. The summed E-state index contributed by atoms with van der Waals surface area (Å²) in [7, 11) is -1.38. The molecule has 0 saturated carbocycles. The van der Waals surface area contributed by atoms with E-state index in [2.05, 4.69) is 12.2 Å². The van der Waals surface area contributed by atoms with Gasteiger partial charge in [-0.1, -0.05) is 13.8 Å². The van der Waals surface area contributed by atoms with Gasteiger partial charge in [-0.05, 0) is 25.9 Å². The molecular formula is C9H22N2O2S. The lowest BCUT2D eigenvalue weighted by molar-refractivity contribution is 0.483. The Labute approximate surface area is 87.7 Å². The number of hydrogen-bond acceptors (Lipinski definition) is 3. The van der Waals surface area contributed by atoms with Gasteiger partial charge in [0.15, 0.2) is 0 Å². The third-order valence-corrected chi connectivity index (χ3v) is 4.12. The van der Waals surface area contributed by atoms with Gasteiger partial charge in [0.2, 0.25) is 10.0 Å². The third-order valence-electron chi connectivity index (χ3n) is 2.10. The lowest BCUT2D eigenvalue weighted by atomic mass is 10.4. The van der Waals surface area contributed by atoms with Gasteiger partial charge in [-0.15, -0.1) is 0 Å². The van der Waals surface area contributed by atoms with Crippen LogP contribution in [0.25, 0.3) is 0 Å². The van der Waals surface area contributed by atoms with Crippen molar-refractivity contribution < 1.29 is 8.42 Å². The highest BCUT2D eigenvalue weighted by molar-refractivity contribution is 7.89. The van der Waals surface area contributed by atoms with Crippen LogP contribution in [0.2, 0.25) is 0 Å². The van der Waals surface area contributed by atoms with Gasteiger partial charge in [0.05, 0.1) is 5.75 Å². The molecule has 0 aromatic heterocycles. The van der Waals surface area contributed by atoms with Crippen molar-refractivity contribution >= 4 is 10.0 Å². The first kappa shape index (κ1) is 13.9. The maximum Gasteiger partial charge on any atom is 0.213 e. The summed E-state index contributed by atoms with van der Waals surface area (Å²) in [5.74, 6) is 0.244. The Balaban J connectivity index is 3.67. The van der Waals surface area contributed by atoms with Crippen LogP contribution in [0.3, 0.4) is 0 Å². The highest BCUT2D eigenvalue weighted by Crippen LogP contribution is 1.98. The summed E-state index contributed by atoms with van der Waals surface area (Å²) in [4.78, 5) is 0. The van der Waals surface area contributed by atoms with E-state index >= 15 is 0 Å². The standard InChI is InChI=1S/C9H22N2O2S/c1-4-7-10-8-6-9-14(12,13)11(3)5-2/h10H,4-9H2,1-3H3. The van der Waals surface area contributed by atoms with E-state index in [1.165, 1.54) is 4.31 Å². The highest BCUT2D eigenvalue weighted by atomic mass is 32.2. The van der Waals surface area contributed by atoms with Crippen molar-refractivity contribution in [3.05, 3.63) is 0 Å². The van der Waals surface area contributed by atoms with E-state index < -0.39 is 10.0 Å². The minimum atomic E-state index is -3.00. The third kappa shape index (κ3) is 5.57. The van der Waals surface area contributed by atoms with E-state index in [0.717, 1.165) is 19.5 Å². The van der Waals surface area contributed by atoms with Crippen LogP contribution in [0.4, 0.5) is 0 Å². The monoisotopic (exact) mass is 222 g/mol. The Bertz CT molecular complexity index is 227. The largest absolute Gasteiger partial charge is 0.317 e. The molecule has 0 saturated heterocycles. The van der Waals surface area contributed by atoms with Gasteiger partial charge >= 0.3 is 0 Å². The number of nitrogens with zero attached hydrogens (tertiary/aromatic N) is 1. The Hall–Kier alpha value is -0.130. The second-order valence-corrected chi connectivity index (χ2v) is 5.53. The van der Waals surface area contributed by atoms with E-state index in [1.807, 2.05) is 6.92 Å². The zero-order valence-electron chi connectivity index (χ0n) is 9.41. The van der Waals surface area contributed by atoms with Gasteiger partial charge in [0.25, 0.3) is 0 Å². The van der Waals surface area contributed by atoms with E-state index in [4.69, 9.17) is 0 Å². The maximum atomic E-state index is 11.5. The van der Waals surface area contributed by atoms with Gasteiger partial charge in [0, 0.05) is 13.6 Å². The lowest BCUT2D eigenvalue weighted by Crippen LogP contribution is -2.30. The molecule has 0 rings (SSSR count). The molecule has 0 aliphatic rings. The summed E-state index contributed by atoms with van der Waals surface area (Å²) >= 11 is 0. The van der Waals surface area contributed by atoms with Crippen molar-refractivity contribution in [2.45, 2.75) is 26.7 Å². The molecule has 0 aromatic rings. The number of hydrogen-bond donors (Lipinski definition) is 1. The van der Waals surface area contributed by atoms with Gasteiger partial charge in [-0.2, -0.15) is 0 Å². The first-order valence-electron chi connectivity index (χ1n) is 5.19. The molecule has 0 bridgehead atoms. The molecule has 0 aromatic carbocycles. The SMILES string of the molecule is CCCNCCCS(=O)(=O)N(C)CC. The van der Waals surface area contributed by atoms with Crippen molar-refractivity contribution in [3.8, 4) is 0 Å². The van der Waals surface area contributed by atoms with Gasteiger partial charge in [-0.25, -0.2) is 12.7 Å². The van der Waals surface area contributed by atoms with E-state index in [1.54, 1.807) is 7.05 Å². The molecule has 0 atom stereocenters. The smallest absolute Gasteiger partial charge is 0.213 e. The summed E-state index contributed by atoms with van der Waals surface area (Å²) in [6.07, 6.45) is 1.77. The predicted molar refractivity (Wildman–Crippen MR) is 59.9 cm³/mol. The fourth-order valence-electron chi connectivity index (χ4n) is 1.03. The van der Waals surface area contributed by atoms with Crippen molar-refractivity contribution in [2.24, 2.45) is 0 Å². The van der Waals surface area contributed by atoms with Crippen LogP contribution in [0, 0.1) is 0 Å². The van der Waals surface area contributed by atoms with Crippen molar-refractivity contribution in [1.82, 2.24) is 9.62 Å². The summed E-state index contributed by atoms with van der Waals surface area (Å²) in [6.45, 7) is 6.22. The van der Waals surface area contributed by atoms with Crippen molar-refractivity contribution in [1.29, 1.82) is 0 Å². The Morgan fingerprint density at radius 3 is 2.36 bits per heavy atom. The first-order chi connectivity index (χ1) is 6.54. The molecule has 4 nitrogen and oxygen atoms in total. The molecule has 1 N–H and O–H groups in total.